The molecule has 11 heteroatoms. The molecule has 32 heavy (non-hydrogen) atoms. The number of nitriles is 1. The number of aryl methyl sites for hydroxylation is 2. The fourth-order valence-electron chi connectivity index (χ4n) is 3.97. The third kappa shape index (κ3) is 3.04. The lowest BCUT2D eigenvalue weighted by molar-refractivity contribution is 0.227. The van der Waals surface area contributed by atoms with Crippen LogP contribution < -0.4 is 10.5 Å². The molecule has 1 aromatic carbocycles. The van der Waals surface area contributed by atoms with Crippen molar-refractivity contribution in [3.8, 4) is 34.3 Å². The molecule has 2 bridgehead atoms. The second-order valence-corrected chi connectivity index (χ2v) is 7.54. The molecule has 0 saturated heterocycles. The summed E-state index contributed by atoms with van der Waals surface area (Å²) in [6, 6.07) is 8.24. The van der Waals surface area contributed by atoms with Gasteiger partial charge in [-0.25, -0.2) is 4.39 Å². The van der Waals surface area contributed by atoms with Crippen LogP contribution in [0.25, 0.3) is 22.5 Å². The lowest BCUT2D eigenvalue weighted by Gasteiger charge is -2.20. The number of ether oxygens (including phenoxy) is 1. The van der Waals surface area contributed by atoms with Gasteiger partial charge in [-0.1, -0.05) is 0 Å². The van der Waals surface area contributed by atoms with Crippen LogP contribution in [0.4, 0.5) is 10.2 Å². The zero-order chi connectivity index (χ0) is 22.6. The molecule has 3 aromatic heterocycles. The zero-order valence-corrected chi connectivity index (χ0v) is 17.5. The predicted molar refractivity (Wildman–Crippen MR) is 112 cm³/mol. The Labute approximate surface area is 182 Å². The first-order valence-corrected chi connectivity index (χ1v) is 9.82. The molecule has 1 aliphatic rings. The van der Waals surface area contributed by atoms with Crippen molar-refractivity contribution in [1.82, 2.24) is 35.0 Å². The van der Waals surface area contributed by atoms with Gasteiger partial charge in [-0.15, -0.1) is 10.2 Å². The molecule has 0 saturated carbocycles. The van der Waals surface area contributed by atoms with Gasteiger partial charge >= 0.3 is 0 Å². The van der Waals surface area contributed by atoms with E-state index in [4.69, 9.17) is 10.5 Å². The van der Waals surface area contributed by atoms with Crippen LogP contribution in [-0.4, -0.2) is 35.0 Å². The van der Waals surface area contributed by atoms with E-state index in [1.807, 2.05) is 0 Å². The van der Waals surface area contributed by atoms with Crippen molar-refractivity contribution in [3.63, 3.8) is 0 Å². The minimum absolute atomic E-state index is 0.0831. The molecule has 4 aromatic rings. The molecule has 1 aliphatic heterocycles. The Hall–Kier alpha value is -4.33. The van der Waals surface area contributed by atoms with Crippen LogP contribution in [0.3, 0.4) is 0 Å². The number of fused-ring (bicyclic) bond motifs is 7. The van der Waals surface area contributed by atoms with Gasteiger partial charge in [-0.05, 0) is 25.1 Å². The van der Waals surface area contributed by atoms with E-state index in [2.05, 4.69) is 31.6 Å². The fraction of sp³-hybridized carbons (Fsp3) is 0.238. The Bertz CT molecular complexity index is 1420. The van der Waals surface area contributed by atoms with Crippen molar-refractivity contribution in [2.24, 2.45) is 14.1 Å². The van der Waals surface area contributed by atoms with Crippen LogP contribution in [0.2, 0.25) is 0 Å². The van der Waals surface area contributed by atoms with Gasteiger partial charge in [-0.2, -0.15) is 25.4 Å². The van der Waals surface area contributed by atoms with E-state index in [1.54, 1.807) is 33.2 Å². The van der Waals surface area contributed by atoms with Gasteiger partial charge in [0.25, 0.3) is 0 Å². The van der Waals surface area contributed by atoms with Crippen LogP contribution in [0.1, 0.15) is 35.7 Å². The number of aromatic nitrogens is 7. The maximum Gasteiger partial charge on any atom is 0.188 e. The van der Waals surface area contributed by atoms with E-state index in [-0.39, 0.29) is 18.0 Å². The molecule has 2 N–H and O–H groups in total. The number of anilines is 1. The Morgan fingerprint density at radius 3 is 2.75 bits per heavy atom. The summed E-state index contributed by atoms with van der Waals surface area (Å²) in [6.45, 7) is 1.79. The summed E-state index contributed by atoms with van der Waals surface area (Å²) < 4.78 is 21.8. The van der Waals surface area contributed by atoms with E-state index in [0.717, 1.165) is 0 Å². The average molecular weight is 431 g/mol. The Balaban J connectivity index is 1.84. The van der Waals surface area contributed by atoms with Crippen LogP contribution in [-0.2, 0) is 20.5 Å². The summed E-state index contributed by atoms with van der Waals surface area (Å²) in [4.78, 5) is 1.45. The normalized spacial score (nSPS) is 14.8. The molecule has 1 atom stereocenters. The summed E-state index contributed by atoms with van der Waals surface area (Å²) in [7, 11) is 3.40. The molecule has 4 heterocycles. The van der Waals surface area contributed by atoms with Gasteiger partial charge in [-0.3, -0.25) is 4.68 Å². The van der Waals surface area contributed by atoms with Gasteiger partial charge in [0, 0.05) is 37.7 Å². The number of hydrogen-bond donors (Lipinski definition) is 1. The maximum atomic E-state index is 14.2. The smallest absolute Gasteiger partial charge is 0.188 e. The summed E-state index contributed by atoms with van der Waals surface area (Å²) in [6.07, 6.45) is -0.306. The van der Waals surface area contributed by atoms with E-state index >= 15 is 0 Å². The summed E-state index contributed by atoms with van der Waals surface area (Å²) >= 11 is 0. The largest absolute Gasteiger partial charge is 0.482 e. The monoisotopic (exact) mass is 431 g/mol. The molecular formula is C21H18FN9O. The van der Waals surface area contributed by atoms with Crippen molar-refractivity contribution in [2.75, 3.05) is 5.73 Å². The number of halogens is 1. The van der Waals surface area contributed by atoms with Gasteiger partial charge in [0.2, 0.25) is 0 Å². The number of nitrogens with zero attached hydrogens (tertiary/aromatic N) is 8. The van der Waals surface area contributed by atoms with E-state index < -0.39 is 11.9 Å². The highest BCUT2D eigenvalue weighted by Crippen LogP contribution is 2.37. The third-order valence-electron chi connectivity index (χ3n) is 5.40. The average Bonchev–Trinajstić information content (AvgIpc) is 3.27. The van der Waals surface area contributed by atoms with E-state index in [9.17, 15) is 9.65 Å². The van der Waals surface area contributed by atoms with E-state index in [0.29, 0.717) is 45.2 Å². The molecule has 0 unspecified atom stereocenters. The third-order valence-corrected chi connectivity index (χ3v) is 5.40. The van der Waals surface area contributed by atoms with Gasteiger partial charge < -0.3 is 10.5 Å². The molecule has 10 nitrogen and oxygen atoms in total. The molecule has 0 spiro atoms. The highest BCUT2D eigenvalue weighted by Gasteiger charge is 2.27. The maximum absolute atomic E-state index is 14.2. The zero-order valence-electron chi connectivity index (χ0n) is 17.5. The van der Waals surface area contributed by atoms with Gasteiger partial charge in [0.15, 0.2) is 11.6 Å². The number of nitrogen functional groups attached to an aromatic ring is 1. The first-order chi connectivity index (χ1) is 15.4. The molecule has 0 amide bonds. The van der Waals surface area contributed by atoms with Gasteiger partial charge in [0.1, 0.15) is 35.1 Å². The Kier molecular flexibility index (Phi) is 4.37. The van der Waals surface area contributed by atoms with Crippen LogP contribution in [0.5, 0.6) is 5.75 Å². The molecule has 5 rings (SSSR count). The second-order valence-electron chi connectivity index (χ2n) is 7.54. The van der Waals surface area contributed by atoms with Crippen molar-refractivity contribution in [2.45, 2.75) is 19.4 Å². The van der Waals surface area contributed by atoms with Crippen molar-refractivity contribution < 1.29 is 9.13 Å². The minimum atomic E-state index is -0.585. The van der Waals surface area contributed by atoms with Crippen molar-refractivity contribution in [1.29, 1.82) is 5.26 Å². The first-order valence-electron chi connectivity index (χ1n) is 9.82. The first kappa shape index (κ1) is 19.6. The summed E-state index contributed by atoms with van der Waals surface area (Å²) in [5, 5.41) is 31.5. The number of benzene rings is 1. The van der Waals surface area contributed by atoms with Crippen LogP contribution >= 0.6 is 0 Å². The molecule has 0 fully saturated rings. The number of nitrogens with two attached hydrogens (primary N) is 1. The lowest BCUT2D eigenvalue weighted by atomic mass is 9.96. The van der Waals surface area contributed by atoms with Crippen molar-refractivity contribution in [3.05, 3.63) is 52.7 Å². The highest BCUT2D eigenvalue weighted by molar-refractivity contribution is 5.73. The summed E-state index contributed by atoms with van der Waals surface area (Å²) in [5.74, 6) is -0.0416. The van der Waals surface area contributed by atoms with E-state index in [1.165, 1.54) is 21.6 Å². The van der Waals surface area contributed by atoms with Gasteiger partial charge in [0.05, 0.1) is 17.0 Å². The lowest BCUT2D eigenvalue weighted by Crippen LogP contribution is -2.10. The quantitative estimate of drug-likeness (QED) is 0.448. The molecular weight excluding hydrogens is 413 g/mol. The second kappa shape index (κ2) is 7.12. The Morgan fingerprint density at radius 2 is 1.97 bits per heavy atom. The number of hydrogen-bond acceptors (Lipinski definition) is 8. The highest BCUT2D eigenvalue weighted by atomic mass is 19.1. The topological polar surface area (TPSA) is 133 Å². The molecule has 160 valence electrons. The van der Waals surface area contributed by atoms with Crippen molar-refractivity contribution >= 4 is 5.82 Å². The standard InChI is InChI=1S/C21H18FN9O/c1-10-13-6-11(22)4-5-12(13)20-16(28-31(3)29-20)7-15-19(17(9-23)30(2)27-15)14-8-18(32-10)21(24)26-25-14/h4-6,8,10H,7H2,1-3H3,(H2,24,26)/t10-/m1/s1. The fourth-order valence-corrected chi connectivity index (χ4v) is 3.97. The molecule has 0 radical (unpaired) electrons. The number of rotatable bonds is 0. The van der Waals surface area contributed by atoms with Crippen LogP contribution in [0.15, 0.2) is 24.3 Å². The molecule has 0 aliphatic carbocycles. The summed E-state index contributed by atoms with van der Waals surface area (Å²) in [5.41, 5.74) is 10.3. The predicted octanol–water partition coefficient (Wildman–Crippen LogP) is 2.31. The Morgan fingerprint density at radius 1 is 1.16 bits per heavy atom. The SMILES string of the molecule is C[C@H]1Oc2cc(nnc2N)-c2c(nn(C)c2C#N)Cc2nn(C)nc2-c2ccc(F)cc21. The minimum Gasteiger partial charge on any atom is -0.482 e. The van der Waals surface area contributed by atoms with Crippen LogP contribution in [0, 0.1) is 17.1 Å².